The summed E-state index contributed by atoms with van der Waals surface area (Å²) >= 11 is 17.1. The van der Waals surface area contributed by atoms with Gasteiger partial charge < -0.3 is 24.7 Å². The maximum atomic E-state index is 12.7. The van der Waals surface area contributed by atoms with E-state index in [1.807, 2.05) is 0 Å². The van der Waals surface area contributed by atoms with Crippen molar-refractivity contribution in [1.82, 2.24) is 0 Å². The SMILES string of the molecule is N=C(OC1OC(CN)C(OC(=O)c2ccccc2)C1OC(=O)c1ccccc1)C(Cl)(Cl)Cl. The van der Waals surface area contributed by atoms with Crippen molar-refractivity contribution in [2.24, 2.45) is 5.73 Å². The summed E-state index contributed by atoms with van der Waals surface area (Å²) in [5.41, 5.74) is 6.29. The third-order valence-corrected chi connectivity index (χ3v) is 5.01. The van der Waals surface area contributed by atoms with Crippen LogP contribution in [0, 0.1) is 5.41 Å². The Morgan fingerprint density at radius 2 is 1.34 bits per heavy atom. The fourth-order valence-corrected chi connectivity index (χ4v) is 3.09. The summed E-state index contributed by atoms with van der Waals surface area (Å²) < 4.78 is 19.9. The number of alkyl halides is 3. The lowest BCUT2D eigenvalue weighted by atomic mass is 10.1. The highest BCUT2D eigenvalue weighted by molar-refractivity contribution is 6.76. The van der Waals surface area contributed by atoms with Gasteiger partial charge in [0.25, 0.3) is 3.79 Å². The van der Waals surface area contributed by atoms with Crippen LogP contribution < -0.4 is 5.73 Å². The van der Waals surface area contributed by atoms with Crippen molar-refractivity contribution in [1.29, 1.82) is 5.41 Å². The van der Waals surface area contributed by atoms with E-state index in [1.54, 1.807) is 60.7 Å². The molecule has 170 valence electrons. The molecule has 0 bridgehead atoms. The lowest BCUT2D eigenvalue weighted by Gasteiger charge is -2.25. The number of carbonyl (C=O) groups excluding carboxylic acids is 2. The smallest absolute Gasteiger partial charge is 0.338 e. The third-order valence-electron chi connectivity index (χ3n) is 4.50. The van der Waals surface area contributed by atoms with Crippen LogP contribution in [0.25, 0.3) is 0 Å². The molecule has 32 heavy (non-hydrogen) atoms. The van der Waals surface area contributed by atoms with Gasteiger partial charge in [0.1, 0.15) is 6.10 Å². The largest absolute Gasteiger partial charge is 0.452 e. The molecule has 1 saturated heterocycles. The molecule has 0 spiro atoms. The van der Waals surface area contributed by atoms with Gasteiger partial charge in [0.05, 0.1) is 11.1 Å². The molecule has 11 heteroatoms. The van der Waals surface area contributed by atoms with Crippen molar-refractivity contribution in [3.8, 4) is 0 Å². The first-order valence-electron chi connectivity index (χ1n) is 9.40. The zero-order chi connectivity index (χ0) is 23.3. The quantitative estimate of drug-likeness (QED) is 0.269. The summed E-state index contributed by atoms with van der Waals surface area (Å²) in [6, 6.07) is 16.3. The minimum absolute atomic E-state index is 0.104. The van der Waals surface area contributed by atoms with Gasteiger partial charge in [-0.05, 0) is 24.3 Å². The van der Waals surface area contributed by atoms with E-state index in [0.29, 0.717) is 0 Å². The standard InChI is InChI=1S/C21H19Cl3N2O6/c22-21(23,24)20(26)32-19-16(31-18(28)13-9-5-2-6-10-13)15(14(11-25)29-19)30-17(27)12-7-3-1-4-8-12/h1-10,14-16,19,26H,11,25H2. The molecular weight excluding hydrogens is 483 g/mol. The first kappa shape index (κ1) is 24.3. The van der Waals surface area contributed by atoms with E-state index in [0.717, 1.165) is 0 Å². The second-order valence-electron chi connectivity index (χ2n) is 6.70. The van der Waals surface area contributed by atoms with Crippen LogP contribution in [-0.4, -0.2) is 52.8 Å². The van der Waals surface area contributed by atoms with Crippen LogP contribution >= 0.6 is 34.8 Å². The number of carbonyl (C=O) groups is 2. The predicted molar refractivity (Wildman–Crippen MR) is 118 cm³/mol. The number of nitrogens with one attached hydrogen (secondary N) is 1. The highest BCUT2D eigenvalue weighted by atomic mass is 35.6. The summed E-state index contributed by atoms with van der Waals surface area (Å²) in [6.07, 6.45) is -4.76. The van der Waals surface area contributed by atoms with Crippen LogP contribution in [0.3, 0.4) is 0 Å². The van der Waals surface area contributed by atoms with Crippen molar-refractivity contribution < 1.29 is 28.5 Å². The molecule has 0 radical (unpaired) electrons. The first-order chi connectivity index (χ1) is 15.2. The summed E-state index contributed by atoms with van der Waals surface area (Å²) in [6.45, 7) is -0.104. The van der Waals surface area contributed by atoms with Gasteiger partial charge in [-0.25, -0.2) is 9.59 Å². The van der Waals surface area contributed by atoms with Gasteiger partial charge in [0.15, 0.2) is 6.10 Å². The molecule has 4 atom stereocenters. The van der Waals surface area contributed by atoms with Crippen LogP contribution in [0.1, 0.15) is 20.7 Å². The highest BCUT2D eigenvalue weighted by Gasteiger charge is 2.52. The molecule has 0 aromatic heterocycles. The zero-order valence-electron chi connectivity index (χ0n) is 16.5. The molecule has 0 amide bonds. The Morgan fingerprint density at radius 3 is 1.78 bits per heavy atom. The van der Waals surface area contributed by atoms with Crippen molar-refractivity contribution in [3.63, 3.8) is 0 Å². The van der Waals surface area contributed by atoms with Crippen molar-refractivity contribution >= 4 is 52.6 Å². The summed E-state index contributed by atoms with van der Waals surface area (Å²) in [4.78, 5) is 25.3. The number of halogens is 3. The van der Waals surface area contributed by atoms with Gasteiger partial charge in [-0.3, -0.25) is 5.41 Å². The van der Waals surface area contributed by atoms with E-state index in [-0.39, 0.29) is 17.7 Å². The van der Waals surface area contributed by atoms with E-state index in [4.69, 9.17) is 64.9 Å². The topological polar surface area (TPSA) is 121 Å². The number of hydrogen-bond donors (Lipinski definition) is 2. The molecule has 3 rings (SSSR count). The lowest BCUT2D eigenvalue weighted by Crippen LogP contribution is -2.43. The fraction of sp³-hybridized carbons (Fsp3) is 0.286. The maximum absolute atomic E-state index is 12.7. The van der Waals surface area contributed by atoms with E-state index >= 15 is 0 Å². The molecule has 1 fully saturated rings. The molecule has 8 nitrogen and oxygen atoms in total. The number of esters is 2. The average molecular weight is 502 g/mol. The van der Waals surface area contributed by atoms with Gasteiger partial charge in [0, 0.05) is 6.54 Å². The van der Waals surface area contributed by atoms with Gasteiger partial charge in [-0.15, -0.1) is 0 Å². The monoisotopic (exact) mass is 500 g/mol. The average Bonchev–Trinajstić information content (AvgIpc) is 3.10. The van der Waals surface area contributed by atoms with Gasteiger partial charge in [-0.1, -0.05) is 71.2 Å². The molecule has 0 aliphatic carbocycles. The fourth-order valence-electron chi connectivity index (χ4n) is 2.96. The molecule has 2 aromatic carbocycles. The Bertz CT molecular complexity index is 955. The Labute approximate surface area is 198 Å². The second-order valence-corrected chi connectivity index (χ2v) is 8.98. The van der Waals surface area contributed by atoms with Gasteiger partial charge in [0.2, 0.25) is 18.3 Å². The molecular formula is C21H19Cl3N2O6. The molecule has 0 saturated carbocycles. The second kappa shape index (κ2) is 10.5. The van der Waals surface area contributed by atoms with Gasteiger partial charge >= 0.3 is 11.9 Å². The van der Waals surface area contributed by atoms with Crippen LogP contribution in [0.4, 0.5) is 0 Å². The van der Waals surface area contributed by atoms with Crippen molar-refractivity contribution in [3.05, 3.63) is 71.8 Å². The zero-order valence-corrected chi connectivity index (χ0v) is 18.7. The molecule has 3 N–H and O–H groups in total. The Hall–Kier alpha value is -2.36. The van der Waals surface area contributed by atoms with Crippen LogP contribution in [0.2, 0.25) is 0 Å². The van der Waals surface area contributed by atoms with Crippen molar-refractivity contribution in [2.45, 2.75) is 28.4 Å². The third kappa shape index (κ3) is 5.90. The summed E-state index contributed by atoms with van der Waals surface area (Å²) in [7, 11) is 0. The van der Waals surface area contributed by atoms with Gasteiger partial charge in [-0.2, -0.15) is 0 Å². The number of nitrogens with two attached hydrogens (primary N) is 1. The van der Waals surface area contributed by atoms with E-state index < -0.39 is 46.2 Å². The maximum Gasteiger partial charge on any atom is 0.338 e. The molecule has 4 unspecified atom stereocenters. The minimum atomic E-state index is -2.19. The predicted octanol–water partition coefficient (Wildman–Crippen LogP) is 3.49. The number of ether oxygens (including phenoxy) is 4. The Balaban J connectivity index is 1.87. The highest BCUT2D eigenvalue weighted by Crippen LogP contribution is 2.33. The summed E-state index contributed by atoms with van der Waals surface area (Å²) in [5, 5.41) is 7.83. The Kier molecular flexibility index (Phi) is 7.97. The molecule has 1 aliphatic rings. The van der Waals surface area contributed by atoms with Crippen LogP contribution in [0.15, 0.2) is 60.7 Å². The summed E-state index contributed by atoms with van der Waals surface area (Å²) in [5.74, 6) is -2.18. The molecule has 2 aromatic rings. The van der Waals surface area contributed by atoms with E-state index in [2.05, 4.69) is 0 Å². The van der Waals surface area contributed by atoms with E-state index in [9.17, 15) is 9.59 Å². The lowest BCUT2D eigenvalue weighted by molar-refractivity contribution is -0.120. The van der Waals surface area contributed by atoms with Crippen molar-refractivity contribution in [2.75, 3.05) is 6.54 Å². The normalized spacial score (nSPS) is 22.8. The minimum Gasteiger partial charge on any atom is -0.452 e. The molecule has 1 heterocycles. The van der Waals surface area contributed by atoms with Crippen LogP contribution in [0.5, 0.6) is 0 Å². The Morgan fingerprint density at radius 1 is 0.875 bits per heavy atom. The van der Waals surface area contributed by atoms with Crippen LogP contribution in [-0.2, 0) is 18.9 Å². The number of benzene rings is 2. The first-order valence-corrected chi connectivity index (χ1v) is 10.5. The number of hydrogen-bond acceptors (Lipinski definition) is 8. The van der Waals surface area contributed by atoms with E-state index in [1.165, 1.54) is 0 Å². The number of rotatable bonds is 6. The molecule has 1 aliphatic heterocycles.